The number of aromatic nitrogens is 2. The number of hydrogen-bond acceptors (Lipinski definition) is 3. The van der Waals surface area contributed by atoms with E-state index in [9.17, 15) is 4.39 Å². The van der Waals surface area contributed by atoms with Crippen molar-refractivity contribution < 1.29 is 19.4 Å². The summed E-state index contributed by atoms with van der Waals surface area (Å²) in [4.78, 5) is 3.10. The first-order valence-corrected chi connectivity index (χ1v) is 5.88. The molecule has 0 amide bonds. The molecule has 2 heterocycles. The third kappa shape index (κ3) is 2.30. The third-order valence-corrected chi connectivity index (χ3v) is 2.86. The fourth-order valence-corrected chi connectivity index (χ4v) is 1.91. The Balaban J connectivity index is 1.87. The maximum atomic E-state index is 13.9. The van der Waals surface area contributed by atoms with E-state index in [0.29, 0.717) is 28.9 Å². The van der Waals surface area contributed by atoms with Crippen molar-refractivity contribution >= 4 is 10.9 Å². The maximum absolute atomic E-state index is 13.9. The molecule has 5 nitrogen and oxygen atoms in total. The predicted octanol–water partition coefficient (Wildman–Crippen LogP) is 1.62. The van der Waals surface area contributed by atoms with Gasteiger partial charge >= 0.3 is 0 Å². The van der Waals surface area contributed by atoms with E-state index in [-0.39, 0.29) is 12.4 Å². The summed E-state index contributed by atoms with van der Waals surface area (Å²) in [6, 6.07) is 6.59. The molecule has 0 aliphatic carbocycles. The minimum absolute atomic E-state index is 0.240. The molecule has 0 fully saturated rings. The van der Waals surface area contributed by atoms with Crippen LogP contribution in [0.2, 0.25) is 0 Å². The zero-order valence-electron chi connectivity index (χ0n) is 10.1. The molecule has 98 valence electrons. The highest BCUT2D eigenvalue weighted by molar-refractivity contribution is 5.82. The Morgan fingerprint density at radius 1 is 1.37 bits per heavy atom. The lowest BCUT2D eigenvalue weighted by molar-refractivity contribution is -0.387. The molecule has 0 saturated carbocycles. The number of ether oxygens (including phenoxy) is 1. The van der Waals surface area contributed by atoms with Gasteiger partial charge in [-0.15, -0.1) is 0 Å². The third-order valence-electron chi connectivity index (χ3n) is 2.86. The van der Waals surface area contributed by atoms with Crippen LogP contribution in [0.1, 0.15) is 11.4 Å². The summed E-state index contributed by atoms with van der Waals surface area (Å²) < 4.78 is 24.1. The Labute approximate surface area is 108 Å². The normalized spacial score (nSPS) is 11.1. The van der Waals surface area contributed by atoms with Gasteiger partial charge in [-0.2, -0.15) is 0 Å². The van der Waals surface area contributed by atoms with Crippen molar-refractivity contribution in [2.75, 3.05) is 0 Å². The van der Waals surface area contributed by atoms with Crippen molar-refractivity contribution in [2.24, 2.45) is 0 Å². The summed E-state index contributed by atoms with van der Waals surface area (Å²) in [6.07, 6.45) is 1.47. The molecule has 0 spiro atoms. The SMILES string of the molecule is [NH3+]Cc1cc2c(F)cc(OCc3ccon3)cc2[nH]1. The molecule has 1 aromatic carbocycles. The summed E-state index contributed by atoms with van der Waals surface area (Å²) in [5.41, 5.74) is 6.02. The van der Waals surface area contributed by atoms with Crippen molar-refractivity contribution in [1.82, 2.24) is 10.1 Å². The number of fused-ring (bicyclic) bond motifs is 1. The largest absolute Gasteiger partial charge is 0.487 e. The van der Waals surface area contributed by atoms with Crippen LogP contribution in [0.5, 0.6) is 5.75 Å². The van der Waals surface area contributed by atoms with Crippen LogP contribution < -0.4 is 10.5 Å². The Kier molecular flexibility index (Phi) is 2.92. The molecule has 19 heavy (non-hydrogen) atoms. The molecule has 0 atom stereocenters. The van der Waals surface area contributed by atoms with E-state index < -0.39 is 0 Å². The summed E-state index contributed by atoms with van der Waals surface area (Å²) in [5, 5.41) is 4.27. The average Bonchev–Trinajstić information content (AvgIpc) is 3.05. The van der Waals surface area contributed by atoms with Gasteiger partial charge in [-0.1, -0.05) is 5.16 Å². The second-order valence-corrected chi connectivity index (χ2v) is 4.19. The van der Waals surface area contributed by atoms with E-state index in [1.165, 1.54) is 12.3 Å². The second-order valence-electron chi connectivity index (χ2n) is 4.19. The molecule has 0 unspecified atom stereocenters. The van der Waals surface area contributed by atoms with Crippen LogP contribution in [-0.2, 0) is 13.2 Å². The van der Waals surface area contributed by atoms with E-state index in [4.69, 9.17) is 9.26 Å². The lowest BCUT2D eigenvalue weighted by Gasteiger charge is -2.04. The Morgan fingerprint density at radius 3 is 3.00 bits per heavy atom. The molecule has 0 aliphatic rings. The van der Waals surface area contributed by atoms with Crippen molar-refractivity contribution in [3.8, 4) is 5.75 Å². The van der Waals surface area contributed by atoms with Crippen molar-refractivity contribution in [3.63, 3.8) is 0 Å². The molecule has 0 bridgehead atoms. The number of nitrogens with zero attached hydrogens (tertiary/aromatic N) is 1. The van der Waals surface area contributed by atoms with E-state index in [2.05, 4.69) is 15.9 Å². The number of aromatic amines is 1. The van der Waals surface area contributed by atoms with E-state index in [0.717, 1.165) is 5.69 Å². The van der Waals surface area contributed by atoms with Crippen molar-refractivity contribution in [3.05, 3.63) is 47.7 Å². The first-order valence-electron chi connectivity index (χ1n) is 5.88. The van der Waals surface area contributed by atoms with Crippen LogP contribution in [0, 0.1) is 5.82 Å². The summed E-state index contributed by atoms with van der Waals surface area (Å²) in [6.45, 7) is 0.827. The molecule has 6 heteroatoms. The van der Waals surface area contributed by atoms with Gasteiger partial charge in [0.25, 0.3) is 0 Å². The van der Waals surface area contributed by atoms with Gasteiger partial charge in [0.05, 0.1) is 11.2 Å². The predicted molar refractivity (Wildman–Crippen MR) is 65.7 cm³/mol. The van der Waals surface area contributed by atoms with Crippen LogP contribution in [0.4, 0.5) is 4.39 Å². The molecule has 3 rings (SSSR count). The fraction of sp³-hybridized carbons (Fsp3) is 0.154. The second kappa shape index (κ2) is 4.74. The first kappa shape index (κ1) is 11.7. The van der Waals surface area contributed by atoms with Crippen LogP contribution in [0.15, 0.2) is 35.1 Å². The standard InChI is InChI=1S/C13H12FN3O2/c14-12-4-10(18-7-8-1-2-19-17-8)5-13-11(12)3-9(6-15)16-13/h1-5,16H,6-7,15H2/p+1. The van der Waals surface area contributed by atoms with Gasteiger partial charge in [-0.3, -0.25) is 0 Å². The highest BCUT2D eigenvalue weighted by atomic mass is 19.1. The monoisotopic (exact) mass is 262 g/mol. The smallest absolute Gasteiger partial charge is 0.136 e. The number of nitrogens with one attached hydrogen (secondary N) is 1. The van der Waals surface area contributed by atoms with Gasteiger partial charge in [0.2, 0.25) is 0 Å². The molecule has 0 saturated heterocycles. The molecule has 2 aromatic heterocycles. The van der Waals surface area contributed by atoms with Gasteiger partial charge < -0.3 is 20.0 Å². The van der Waals surface area contributed by atoms with E-state index in [1.54, 1.807) is 18.2 Å². The van der Waals surface area contributed by atoms with Gasteiger partial charge in [0, 0.05) is 23.6 Å². The van der Waals surface area contributed by atoms with Crippen molar-refractivity contribution in [2.45, 2.75) is 13.2 Å². The number of H-pyrrole nitrogens is 1. The molecule has 0 aliphatic heterocycles. The highest BCUT2D eigenvalue weighted by Crippen LogP contribution is 2.25. The summed E-state index contributed by atoms with van der Waals surface area (Å²) >= 11 is 0. The van der Waals surface area contributed by atoms with Crippen LogP contribution in [0.25, 0.3) is 10.9 Å². The minimum atomic E-state index is -0.316. The number of hydrogen-bond donors (Lipinski definition) is 2. The first-order chi connectivity index (χ1) is 9.26. The average molecular weight is 262 g/mol. The molecule has 4 N–H and O–H groups in total. The molecular weight excluding hydrogens is 249 g/mol. The van der Waals surface area contributed by atoms with E-state index >= 15 is 0 Å². The Morgan fingerprint density at radius 2 is 2.26 bits per heavy atom. The van der Waals surface area contributed by atoms with Gasteiger partial charge in [-0.25, -0.2) is 4.39 Å². The lowest BCUT2D eigenvalue weighted by atomic mass is 10.2. The topological polar surface area (TPSA) is 78.7 Å². The zero-order valence-corrected chi connectivity index (χ0v) is 10.1. The van der Waals surface area contributed by atoms with Crippen molar-refractivity contribution in [1.29, 1.82) is 0 Å². The highest BCUT2D eigenvalue weighted by Gasteiger charge is 2.09. The van der Waals surface area contributed by atoms with Crippen LogP contribution in [-0.4, -0.2) is 10.1 Å². The number of rotatable bonds is 4. The fourth-order valence-electron chi connectivity index (χ4n) is 1.91. The number of quaternary nitrogens is 1. The minimum Gasteiger partial charge on any atom is -0.487 e. The summed E-state index contributed by atoms with van der Waals surface area (Å²) in [7, 11) is 0. The van der Waals surface area contributed by atoms with Crippen LogP contribution >= 0.6 is 0 Å². The number of benzene rings is 1. The number of halogens is 1. The molecular formula is C13H13FN3O2+. The quantitative estimate of drug-likeness (QED) is 0.749. The van der Waals surface area contributed by atoms with Crippen LogP contribution in [0.3, 0.4) is 0 Å². The van der Waals surface area contributed by atoms with Gasteiger partial charge in [0.15, 0.2) is 0 Å². The maximum Gasteiger partial charge on any atom is 0.136 e. The summed E-state index contributed by atoms with van der Waals surface area (Å²) in [5.74, 6) is 0.133. The zero-order chi connectivity index (χ0) is 13.2. The lowest BCUT2D eigenvalue weighted by Crippen LogP contribution is -2.47. The Bertz CT molecular complexity index is 691. The Hall–Kier alpha value is -2.34. The van der Waals surface area contributed by atoms with Gasteiger partial charge in [0.1, 0.15) is 36.7 Å². The molecule has 0 radical (unpaired) electrons. The van der Waals surface area contributed by atoms with Gasteiger partial charge in [-0.05, 0) is 6.07 Å². The molecule has 3 aromatic rings. The van der Waals surface area contributed by atoms with E-state index in [1.807, 2.05) is 0 Å².